The fraction of sp³-hybridized carbons (Fsp3) is 0.250. The first-order valence-corrected chi connectivity index (χ1v) is 8.14. The van der Waals surface area contributed by atoms with Crippen molar-refractivity contribution in [3.8, 4) is 0 Å². The minimum Gasteiger partial charge on any atom is -0.478 e. The molecule has 0 bridgehead atoms. The highest BCUT2D eigenvalue weighted by atomic mass is 16.6. The average molecular weight is 354 g/mol. The van der Waals surface area contributed by atoms with Crippen LogP contribution in [0.3, 0.4) is 0 Å². The molecule has 2 aromatic rings. The second-order valence-corrected chi connectivity index (χ2v) is 6.78. The highest BCUT2D eigenvalue weighted by Crippen LogP contribution is 2.16. The Kier molecular flexibility index (Phi) is 5.77. The number of hydrogen-bond donors (Lipinski definition) is 2. The van der Waals surface area contributed by atoms with Gasteiger partial charge in [0.05, 0.1) is 12.1 Å². The largest absolute Gasteiger partial charge is 0.478 e. The Bertz CT molecular complexity index is 793. The zero-order chi connectivity index (χ0) is 19.3. The second-order valence-electron chi connectivity index (χ2n) is 6.78. The van der Waals surface area contributed by atoms with Gasteiger partial charge in [0.15, 0.2) is 0 Å². The summed E-state index contributed by atoms with van der Waals surface area (Å²) in [5, 5.41) is 17.4. The molecular weight excluding hydrogens is 332 g/mol. The SMILES string of the molecule is CC(C)(C)OC(=O)N(Cc1ccccc1)C(=N)c1ccc(C(=O)O)cc1. The van der Waals surface area contributed by atoms with Crippen LogP contribution in [0.4, 0.5) is 4.79 Å². The molecule has 0 aliphatic carbocycles. The molecule has 6 heteroatoms. The zero-order valence-electron chi connectivity index (χ0n) is 15.0. The van der Waals surface area contributed by atoms with E-state index in [9.17, 15) is 9.59 Å². The van der Waals surface area contributed by atoms with Crippen LogP contribution in [0.5, 0.6) is 0 Å². The molecule has 0 saturated heterocycles. The van der Waals surface area contributed by atoms with Gasteiger partial charge in [0.1, 0.15) is 11.4 Å². The maximum atomic E-state index is 12.6. The quantitative estimate of drug-likeness (QED) is 0.637. The molecule has 0 heterocycles. The van der Waals surface area contributed by atoms with Gasteiger partial charge in [-0.15, -0.1) is 0 Å². The third-order valence-electron chi connectivity index (χ3n) is 3.47. The highest BCUT2D eigenvalue weighted by Gasteiger charge is 2.26. The molecule has 1 amide bonds. The Balaban J connectivity index is 2.30. The number of amides is 1. The predicted molar refractivity (Wildman–Crippen MR) is 98.4 cm³/mol. The Hall–Kier alpha value is -3.15. The summed E-state index contributed by atoms with van der Waals surface area (Å²) < 4.78 is 5.43. The van der Waals surface area contributed by atoms with Gasteiger partial charge in [-0.05, 0) is 38.5 Å². The van der Waals surface area contributed by atoms with Gasteiger partial charge >= 0.3 is 12.1 Å². The van der Waals surface area contributed by atoms with Crippen LogP contribution in [-0.4, -0.2) is 33.5 Å². The van der Waals surface area contributed by atoms with E-state index in [1.165, 1.54) is 29.2 Å². The molecule has 26 heavy (non-hydrogen) atoms. The molecule has 0 saturated carbocycles. The van der Waals surface area contributed by atoms with Crippen LogP contribution in [-0.2, 0) is 11.3 Å². The van der Waals surface area contributed by atoms with Crippen molar-refractivity contribution in [2.75, 3.05) is 0 Å². The number of carboxylic acids is 1. The molecular formula is C20H22N2O4. The molecule has 6 nitrogen and oxygen atoms in total. The van der Waals surface area contributed by atoms with E-state index in [1.807, 2.05) is 30.3 Å². The smallest absolute Gasteiger partial charge is 0.416 e. The molecule has 0 unspecified atom stereocenters. The van der Waals surface area contributed by atoms with E-state index in [-0.39, 0.29) is 17.9 Å². The molecule has 0 spiro atoms. The highest BCUT2D eigenvalue weighted by molar-refractivity contribution is 6.05. The number of amidine groups is 1. The van der Waals surface area contributed by atoms with Crippen molar-refractivity contribution in [2.24, 2.45) is 0 Å². The van der Waals surface area contributed by atoms with E-state index >= 15 is 0 Å². The fourth-order valence-corrected chi connectivity index (χ4v) is 2.24. The van der Waals surface area contributed by atoms with Gasteiger partial charge < -0.3 is 9.84 Å². The minimum absolute atomic E-state index is 0.0555. The molecule has 2 N–H and O–H groups in total. The number of rotatable bonds is 4. The van der Waals surface area contributed by atoms with Crippen molar-refractivity contribution < 1.29 is 19.4 Å². The first-order valence-electron chi connectivity index (χ1n) is 8.14. The number of carboxylic acid groups (broad SMARTS) is 1. The molecule has 0 fully saturated rings. The molecule has 2 aromatic carbocycles. The lowest BCUT2D eigenvalue weighted by Crippen LogP contribution is -2.40. The van der Waals surface area contributed by atoms with Gasteiger partial charge in [-0.2, -0.15) is 0 Å². The number of aromatic carboxylic acids is 1. The van der Waals surface area contributed by atoms with Crippen molar-refractivity contribution in [1.82, 2.24) is 4.90 Å². The van der Waals surface area contributed by atoms with Crippen molar-refractivity contribution >= 4 is 17.9 Å². The van der Waals surface area contributed by atoms with Crippen LogP contribution in [0.1, 0.15) is 42.3 Å². The molecule has 136 valence electrons. The summed E-state index contributed by atoms with van der Waals surface area (Å²) in [6, 6.07) is 15.1. The van der Waals surface area contributed by atoms with Crippen LogP contribution in [0, 0.1) is 5.41 Å². The number of carbonyl (C=O) groups is 2. The maximum Gasteiger partial charge on any atom is 0.416 e. The van der Waals surface area contributed by atoms with E-state index in [1.54, 1.807) is 20.8 Å². The van der Waals surface area contributed by atoms with Gasteiger partial charge in [0, 0.05) is 5.56 Å². The van der Waals surface area contributed by atoms with E-state index in [0.29, 0.717) is 5.56 Å². The molecule has 2 rings (SSSR count). The molecule has 0 aliphatic heterocycles. The van der Waals surface area contributed by atoms with Gasteiger partial charge in [0.2, 0.25) is 0 Å². The monoisotopic (exact) mass is 354 g/mol. The van der Waals surface area contributed by atoms with Gasteiger partial charge in [0.25, 0.3) is 0 Å². The van der Waals surface area contributed by atoms with E-state index in [2.05, 4.69) is 0 Å². The van der Waals surface area contributed by atoms with E-state index in [4.69, 9.17) is 15.3 Å². The second kappa shape index (κ2) is 7.82. The topological polar surface area (TPSA) is 90.7 Å². The summed E-state index contributed by atoms with van der Waals surface area (Å²) in [5.41, 5.74) is 0.704. The fourth-order valence-electron chi connectivity index (χ4n) is 2.24. The first-order chi connectivity index (χ1) is 12.2. The summed E-state index contributed by atoms with van der Waals surface area (Å²) in [7, 11) is 0. The van der Waals surface area contributed by atoms with Crippen molar-refractivity contribution in [2.45, 2.75) is 32.9 Å². The zero-order valence-corrected chi connectivity index (χ0v) is 15.0. The Morgan fingerprint density at radius 3 is 2.04 bits per heavy atom. The Morgan fingerprint density at radius 2 is 1.54 bits per heavy atom. The van der Waals surface area contributed by atoms with Crippen LogP contribution < -0.4 is 0 Å². The van der Waals surface area contributed by atoms with Crippen LogP contribution in [0.15, 0.2) is 54.6 Å². The van der Waals surface area contributed by atoms with E-state index < -0.39 is 17.7 Å². The van der Waals surface area contributed by atoms with Crippen molar-refractivity contribution in [3.63, 3.8) is 0 Å². The number of nitrogens with one attached hydrogen (secondary N) is 1. The van der Waals surface area contributed by atoms with Crippen molar-refractivity contribution in [3.05, 3.63) is 71.3 Å². The van der Waals surface area contributed by atoms with Crippen LogP contribution >= 0.6 is 0 Å². The number of carbonyl (C=O) groups excluding carboxylic acids is 1. The Morgan fingerprint density at radius 1 is 1.00 bits per heavy atom. The van der Waals surface area contributed by atoms with E-state index in [0.717, 1.165) is 5.56 Å². The lowest BCUT2D eigenvalue weighted by molar-refractivity contribution is 0.0358. The summed E-state index contributed by atoms with van der Waals surface area (Å²) in [6.07, 6.45) is -0.631. The maximum absolute atomic E-state index is 12.6. The average Bonchev–Trinajstić information content (AvgIpc) is 2.58. The first kappa shape index (κ1) is 19.2. The molecule has 0 radical (unpaired) electrons. The predicted octanol–water partition coefficient (Wildman–Crippen LogP) is 4.15. The summed E-state index contributed by atoms with van der Waals surface area (Å²) in [4.78, 5) is 24.8. The lowest BCUT2D eigenvalue weighted by Gasteiger charge is -2.28. The van der Waals surface area contributed by atoms with Crippen molar-refractivity contribution in [1.29, 1.82) is 5.41 Å². The van der Waals surface area contributed by atoms with Gasteiger partial charge in [-0.1, -0.05) is 42.5 Å². The van der Waals surface area contributed by atoms with Gasteiger partial charge in [-0.3, -0.25) is 10.3 Å². The number of hydrogen-bond acceptors (Lipinski definition) is 4. The number of ether oxygens (including phenoxy) is 1. The summed E-state index contributed by atoms with van der Waals surface area (Å²) in [6.45, 7) is 5.46. The van der Waals surface area contributed by atoms with Gasteiger partial charge in [-0.25, -0.2) is 9.59 Å². The Labute approximate surface area is 152 Å². The molecule has 0 aliphatic rings. The third-order valence-corrected chi connectivity index (χ3v) is 3.47. The summed E-state index contributed by atoms with van der Waals surface area (Å²) in [5.74, 6) is -1.10. The number of nitrogens with zero attached hydrogens (tertiary/aromatic N) is 1. The van der Waals surface area contributed by atoms with Crippen LogP contribution in [0.25, 0.3) is 0 Å². The standard InChI is InChI=1S/C20H22N2O4/c1-20(2,3)26-19(25)22(13-14-7-5-4-6-8-14)17(21)15-9-11-16(12-10-15)18(23)24/h4-12,21H,13H2,1-3H3,(H,23,24). The normalized spacial score (nSPS) is 10.9. The van der Waals surface area contributed by atoms with Crippen LogP contribution in [0.2, 0.25) is 0 Å². The molecule has 0 aromatic heterocycles. The minimum atomic E-state index is -1.05. The third kappa shape index (κ3) is 5.17. The lowest BCUT2D eigenvalue weighted by atomic mass is 10.1. The molecule has 0 atom stereocenters. The number of benzene rings is 2. The summed E-state index contributed by atoms with van der Waals surface area (Å²) >= 11 is 0.